The molecule has 136 valence electrons. The summed E-state index contributed by atoms with van der Waals surface area (Å²) in [7, 11) is 0. The lowest BCUT2D eigenvalue weighted by Crippen LogP contribution is -2.54. The summed E-state index contributed by atoms with van der Waals surface area (Å²) >= 11 is 0. The maximum Gasteiger partial charge on any atom is 0.254 e. The van der Waals surface area contributed by atoms with Gasteiger partial charge >= 0.3 is 0 Å². The first-order chi connectivity index (χ1) is 12.3. The molecule has 1 saturated carbocycles. The molecule has 0 unspecified atom stereocenters. The minimum absolute atomic E-state index is 0.117. The molecule has 3 atom stereocenters. The van der Waals surface area contributed by atoms with Crippen molar-refractivity contribution in [3.63, 3.8) is 0 Å². The fourth-order valence-corrected chi connectivity index (χ4v) is 4.17. The van der Waals surface area contributed by atoms with Crippen LogP contribution in [0.4, 0.5) is 0 Å². The smallest absolute Gasteiger partial charge is 0.254 e. The van der Waals surface area contributed by atoms with Crippen LogP contribution in [0.25, 0.3) is 0 Å². The number of hydrogen-bond acceptors (Lipinski definition) is 4. The number of amides is 1. The van der Waals surface area contributed by atoms with Gasteiger partial charge in [-0.15, -0.1) is 0 Å². The molecule has 5 nitrogen and oxygen atoms in total. The second-order valence-electron chi connectivity index (χ2n) is 7.23. The van der Waals surface area contributed by atoms with E-state index in [1.807, 2.05) is 29.2 Å². The number of rotatable bonds is 4. The van der Waals surface area contributed by atoms with Gasteiger partial charge in [-0.25, -0.2) is 0 Å². The van der Waals surface area contributed by atoms with Crippen molar-refractivity contribution in [2.24, 2.45) is 0 Å². The van der Waals surface area contributed by atoms with Gasteiger partial charge in [0.25, 0.3) is 5.91 Å². The number of benzene rings is 1. The van der Waals surface area contributed by atoms with E-state index in [0.717, 1.165) is 43.6 Å². The molecule has 2 saturated heterocycles. The molecule has 2 heterocycles. The number of ether oxygens (including phenoxy) is 3. The maximum atomic E-state index is 12.9. The van der Waals surface area contributed by atoms with Crippen LogP contribution >= 0.6 is 0 Å². The lowest BCUT2D eigenvalue weighted by Gasteiger charge is -2.43. The molecule has 3 aliphatic rings. The Balaban J connectivity index is 1.37. The van der Waals surface area contributed by atoms with Crippen molar-refractivity contribution in [3.8, 4) is 5.75 Å². The summed E-state index contributed by atoms with van der Waals surface area (Å²) < 4.78 is 17.2. The molecule has 3 fully saturated rings. The van der Waals surface area contributed by atoms with Gasteiger partial charge in [-0.3, -0.25) is 4.79 Å². The van der Waals surface area contributed by atoms with Crippen LogP contribution in [0.2, 0.25) is 0 Å². The summed E-state index contributed by atoms with van der Waals surface area (Å²) in [5, 5.41) is 0. The van der Waals surface area contributed by atoms with E-state index in [-0.39, 0.29) is 24.2 Å². The van der Waals surface area contributed by atoms with E-state index in [0.29, 0.717) is 19.8 Å². The van der Waals surface area contributed by atoms with E-state index >= 15 is 0 Å². The maximum absolute atomic E-state index is 12.9. The highest BCUT2D eigenvalue weighted by atomic mass is 16.5. The lowest BCUT2D eigenvalue weighted by atomic mass is 9.89. The molecule has 0 spiro atoms. The highest BCUT2D eigenvalue weighted by molar-refractivity contribution is 5.94. The zero-order valence-corrected chi connectivity index (χ0v) is 14.7. The molecule has 0 aromatic heterocycles. The summed E-state index contributed by atoms with van der Waals surface area (Å²) in [6.07, 6.45) is 7.13. The van der Waals surface area contributed by atoms with Crippen molar-refractivity contribution in [1.82, 2.24) is 4.90 Å². The first-order valence-corrected chi connectivity index (χ1v) is 9.58. The Bertz CT molecular complexity index is 580. The monoisotopic (exact) mass is 345 g/mol. The fraction of sp³-hybridized carbons (Fsp3) is 0.650. The van der Waals surface area contributed by atoms with Gasteiger partial charge in [-0.05, 0) is 49.9 Å². The average Bonchev–Trinajstić information content (AvgIpc) is 3.19. The molecular formula is C20H27NO4. The highest BCUT2D eigenvalue weighted by Crippen LogP contribution is 2.29. The predicted octanol–water partition coefficient (Wildman–Crippen LogP) is 3.03. The molecule has 1 aliphatic carbocycles. The molecule has 2 aliphatic heterocycles. The van der Waals surface area contributed by atoms with Crippen LogP contribution in [0.1, 0.15) is 48.9 Å². The van der Waals surface area contributed by atoms with Gasteiger partial charge in [0, 0.05) is 18.7 Å². The highest BCUT2D eigenvalue weighted by Gasteiger charge is 2.36. The third-order valence-corrected chi connectivity index (χ3v) is 5.55. The number of carbonyl (C=O) groups is 1. The minimum atomic E-state index is 0.117. The molecule has 1 aromatic rings. The van der Waals surface area contributed by atoms with E-state index in [9.17, 15) is 4.79 Å². The Labute approximate surface area is 149 Å². The van der Waals surface area contributed by atoms with Crippen molar-refractivity contribution < 1.29 is 19.0 Å². The second-order valence-corrected chi connectivity index (χ2v) is 7.23. The van der Waals surface area contributed by atoms with Gasteiger partial charge in [-0.1, -0.05) is 12.8 Å². The summed E-state index contributed by atoms with van der Waals surface area (Å²) in [6, 6.07) is 7.77. The molecule has 0 radical (unpaired) electrons. The van der Waals surface area contributed by atoms with Crippen LogP contribution in [0.15, 0.2) is 24.3 Å². The first-order valence-electron chi connectivity index (χ1n) is 9.58. The Morgan fingerprint density at radius 1 is 1.04 bits per heavy atom. The summed E-state index contributed by atoms with van der Waals surface area (Å²) in [5.74, 6) is 0.912. The number of hydrogen-bond donors (Lipinski definition) is 0. The minimum Gasteiger partial charge on any atom is -0.491 e. The number of fused-ring (bicyclic) bond motifs is 1. The summed E-state index contributed by atoms with van der Waals surface area (Å²) in [5.41, 5.74) is 0.732. The molecule has 0 bridgehead atoms. The lowest BCUT2D eigenvalue weighted by molar-refractivity contribution is -0.0752. The SMILES string of the molecule is O=C(c1ccc(OC[C@@H]2CCCO2)cc1)N1CCO[C@H]2CCCC[C@@H]21. The van der Waals surface area contributed by atoms with Gasteiger partial charge in [0.15, 0.2) is 0 Å². The predicted molar refractivity (Wildman–Crippen MR) is 93.9 cm³/mol. The van der Waals surface area contributed by atoms with Crippen molar-refractivity contribution in [3.05, 3.63) is 29.8 Å². The molecule has 5 heteroatoms. The van der Waals surface area contributed by atoms with Crippen molar-refractivity contribution in [1.29, 1.82) is 0 Å². The third kappa shape index (κ3) is 3.82. The Morgan fingerprint density at radius 2 is 1.88 bits per heavy atom. The number of carbonyl (C=O) groups excluding carboxylic acids is 1. The Hall–Kier alpha value is -1.59. The summed E-state index contributed by atoms with van der Waals surface area (Å²) in [6.45, 7) is 2.76. The zero-order valence-electron chi connectivity index (χ0n) is 14.7. The summed E-state index contributed by atoms with van der Waals surface area (Å²) in [4.78, 5) is 15.0. The quantitative estimate of drug-likeness (QED) is 0.842. The van der Waals surface area contributed by atoms with E-state index in [1.165, 1.54) is 12.8 Å². The van der Waals surface area contributed by atoms with Gasteiger partial charge in [0.2, 0.25) is 0 Å². The fourth-order valence-electron chi connectivity index (χ4n) is 4.17. The largest absolute Gasteiger partial charge is 0.491 e. The van der Waals surface area contributed by atoms with Gasteiger partial charge in [0.05, 0.1) is 24.9 Å². The standard InChI is InChI=1S/C20H27NO4/c22-20(21-11-13-24-19-6-2-1-5-18(19)21)15-7-9-16(10-8-15)25-14-17-4-3-12-23-17/h7-10,17-19H,1-6,11-14H2/t17-,18-,19-/m0/s1. The van der Waals surface area contributed by atoms with Crippen LogP contribution in [-0.2, 0) is 9.47 Å². The van der Waals surface area contributed by atoms with Gasteiger partial charge < -0.3 is 19.1 Å². The van der Waals surface area contributed by atoms with E-state index in [2.05, 4.69) is 0 Å². The van der Waals surface area contributed by atoms with Gasteiger partial charge in [-0.2, -0.15) is 0 Å². The van der Waals surface area contributed by atoms with E-state index in [4.69, 9.17) is 14.2 Å². The average molecular weight is 345 g/mol. The Morgan fingerprint density at radius 3 is 2.68 bits per heavy atom. The normalized spacial score (nSPS) is 29.3. The van der Waals surface area contributed by atoms with Crippen LogP contribution in [0.5, 0.6) is 5.75 Å². The molecule has 1 aromatic carbocycles. The Kier molecular flexibility index (Phi) is 5.22. The molecule has 0 N–H and O–H groups in total. The molecule has 4 rings (SSSR count). The van der Waals surface area contributed by atoms with Crippen LogP contribution in [0, 0.1) is 0 Å². The van der Waals surface area contributed by atoms with Crippen molar-refractivity contribution >= 4 is 5.91 Å². The van der Waals surface area contributed by atoms with Gasteiger partial charge in [0.1, 0.15) is 12.4 Å². The number of morpholine rings is 1. The zero-order chi connectivity index (χ0) is 17.1. The van der Waals surface area contributed by atoms with E-state index < -0.39 is 0 Å². The number of nitrogens with zero attached hydrogens (tertiary/aromatic N) is 1. The molecule has 1 amide bonds. The topological polar surface area (TPSA) is 48.0 Å². The van der Waals surface area contributed by atoms with Crippen LogP contribution < -0.4 is 4.74 Å². The van der Waals surface area contributed by atoms with Crippen molar-refractivity contribution in [2.75, 3.05) is 26.4 Å². The third-order valence-electron chi connectivity index (χ3n) is 5.55. The molecule has 25 heavy (non-hydrogen) atoms. The van der Waals surface area contributed by atoms with Crippen molar-refractivity contribution in [2.45, 2.75) is 56.8 Å². The van der Waals surface area contributed by atoms with Crippen LogP contribution in [-0.4, -0.2) is 55.4 Å². The second kappa shape index (κ2) is 7.75. The van der Waals surface area contributed by atoms with E-state index in [1.54, 1.807) is 0 Å². The van der Waals surface area contributed by atoms with Crippen LogP contribution in [0.3, 0.4) is 0 Å². The first kappa shape index (κ1) is 16.9. The molecular weight excluding hydrogens is 318 g/mol.